The second-order valence-electron chi connectivity index (χ2n) is 8.41. The number of pyridine rings is 1. The first-order valence-electron chi connectivity index (χ1n) is 11.5. The van der Waals surface area contributed by atoms with Gasteiger partial charge in [-0.1, -0.05) is 13.0 Å². The highest BCUT2D eigenvalue weighted by molar-refractivity contribution is 7.09. The molecule has 0 bridgehead atoms. The first-order valence-corrected chi connectivity index (χ1v) is 12.4. The predicted molar refractivity (Wildman–Crippen MR) is 134 cm³/mol. The van der Waals surface area contributed by atoms with Crippen molar-refractivity contribution >= 4 is 34.6 Å². The summed E-state index contributed by atoms with van der Waals surface area (Å²) in [6.45, 7) is 7.97. The number of urea groups is 1. The third kappa shape index (κ3) is 7.69. The summed E-state index contributed by atoms with van der Waals surface area (Å²) < 4.78 is 0. The Labute approximate surface area is 199 Å². The van der Waals surface area contributed by atoms with E-state index in [1.165, 1.54) is 11.3 Å². The van der Waals surface area contributed by atoms with Crippen LogP contribution in [0.1, 0.15) is 48.3 Å². The molecular formula is C23H35N7O2S. The fraction of sp³-hybridized carbons (Fsp3) is 0.522. The molecule has 1 aliphatic heterocycles. The van der Waals surface area contributed by atoms with Crippen LogP contribution < -0.4 is 21.7 Å². The number of carbonyl (C=O) groups excluding carboxylic acids is 2. The van der Waals surface area contributed by atoms with Gasteiger partial charge in [0.05, 0.1) is 17.4 Å². The van der Waals surface area contributed by atoms with E-state index < -0.39 is 0 Å². The molecule has 3 rings (SSSR count). The zero-order chi connectivity index (χ0) is 23.6. The maximum absolute atomic E-state index is 12.5. The first-order chi connectivity index (χ1) is 16.0. The van der Waals surface area contributed by atoms with Crippen LogP contribution in [0.5, 0.6) is 0 Å². The molecule has 180 valence electrons. The molecule has 1 fully saturated rings. The summed E-state index contributed by atoms with van der Waals surface area (Å²) in [6, 6.07) is 3.19. The maximum atomic E-state index is 12.5. The Kier molecular flexibility index (Phi) is 9.47. The van der Waals surface area contributed by atoms with Crippen molar-refractivity contribution in [2.45, 2.75) is 32.2 Å². The number of nitrogens with one attached hydrogen (secondary N) is 3. The van der Waals surface area contributed by atoms with Crippen LogP contribution in [0.4, 0.5) is 16.2 Å². The number of hydrogen-bond acceptors (Lipinski definition) is 7. The van der Waals surface area contributed by atoms with E-state index in [0.29, 0.717) is 23.6 Å². The van der Waals surface area contributed by atoms with E-state index in [4.69, 9.17) is 5.73 Å². The number of thiophene rings is 1. The summed E-state index contributed by atoms with van der Waals surface area (Å²) in [4.78, 5) is 34.0. The van der Waals surface area contributed by atoms with Crippen LogP contribution >= 0.6 is 11.3 Å². The van der Waals surface area contributed by atoms with Crippen LogP contribution in [0.15, 0.2) is 29.1 Å². The average Bonchev–Trinajstić information content (AvgIpc) is 3.22. The van der Waals surface area contributed by atoms with Crippen molar-refractivity contribution in [1.29, 1.82) is 0 Å². The number of carbonyl (C=O) groups is 2. The molecule has 33 heavy (non-hydrogen) atoms. The second kappa shape index (κ2) is 12.5. The van der Waals surface area contributed by atoms with E-state index >= 15 is 0 Å². The second-order valence-corrected chi connectivity index (χ2v) is 9.16. The van der Waals surface area contributed by atoms with E-state index in [1.54, 1.807) is 23.0 Å². The number of anilines is 2. The quantitative estimate of drug-likeness (QED) is 0.422. The summed E-state index contributed by atoms with van der Waals surface area (Å²) in [6.07, 6.45) is 4.31. The highest BCUT2D eigenvalue weighted by atomic mass is 32.1. The first kappa shape index (κ1) is 24.9. The molecule has 1 aliphatic rings. The average molecular weight is 474 g/mol. The molecule has 2 aromatic rings. The smallest absolute Gasteiger partial charge is 0.315 e. The molecule has 1 unspecified atom stereocenters. The van der Waals surface area contributed by atoms with Crippen LogP contribution in [-0.2, 0) is 0 Å². The molecule has 0 aromatic carbocycles. The highest BCUT2D eigenvalue weighted by Crippen LogP contribution is 2.24. The minimum atomic E-state index is -0.313. The summed E-state index contributed by atoms with van der Waals surface area (Å²) >= 11 is 1.43. The van der Waals surface area contributed by atoms with Crippen LogP contribution in [0.3, 0.4) is 0 Å². The Morgan fingerprint density at radius 1 is 1.21 bits per heavy atom. The molecule has 10 heteroatoms. The normalized spacial score (nSPS) is 15.7. The van der Waals surface area contributed by atoms with Crippen molar-refractivity contribution in [3.8, 4) is 0 Å². The Hall–Kier alpha value is -2.69. The summed E-state index contributed by atoms with van der Waals surface area (Å²) in [5.74, 6) is -0.313. The van der Waals surface area contributed by atoms with Crippen molar-refractivity contribution in [1.82, 2.24) is 25.4 Å². The predicted octanol–water partition coefficient (Wildman–Crippen LogP) is 2.76. The topological polar surface area (TPSA) is 116 Å². The number of aromatic nitrogens is 1. The number of nitrogens with zero attached hydrogens (tertiary/aromatic N) is 3. The van der Waals surface area contributed by atoms with Gasteiger partial charge in [-0.3, -0.25) is 9.78 Å². The minimum absolute atomic E-state index is 0.175. The lowest BCUT2D eigenvalue weighted by molar-refractivity contribution is 0.102. The molecular weight excluding hydrogens is 438 g/mol. The van der Waals surface area contributed by atoms with Gasteiger partial charge in [0.15, 0.2) is 0 Å². The number of piperazine rings is 1. The third-order valence-corrected chi connectivity index (χ3v) is 6.53. The Bertz CT molecular complexity index is 894. The lowest BCUT2D eigenvalue weighted by Crippen LogP contribution is -2.44. The van der Waals surface area contributed by atoms with Crippen LogP contribution in [0, 0.1) is 0 Å². The van der Waals surface area contributed by atoms with Crippen molar-refractivity contribution in [2.24, 2.45) is 0 Å². The summed E-state index contributed by atoms with van der Waals surface area (Å²) in [5, 5.41) is 12.3. The number of amides is 3. The Balaban J connectivity index is 1.61. The Morgan fingerprint density at radius 3 is 2.64 bits per heavy atom. The van der Waals surface area contributed by atoms with Gasteiger partial charge in [-0.2, -0.15) is 0 Å². The van der Waals surface area contributed by atoms with E-state index in [9.17, 15) is 9.59 Å². The van der Waals surface area contributed by atoms with Crippen molar-refractivity contribution < 1.29 is 9.59 Å². The molecule has 0 saturated carbocycles. The molecule has 2 aromatic heterocycles. The fourth-order valence-corrected chi connectivity index (χ4v) is 4.37. The summed E-state index contributed by atoms with van der Waals surface area (Å²) in [7, 11) is 2.15. The molecule has 0 spiro atoms. The molecule has 0 aliphatic carbocycles. The molecule has 3 heterocycles. The van der Waals surface area contributed by atoms with Gasteiger partial charge >= 0.3 is 6.03 Å². The zero-order valence-corrected chi connectivity index (χ0v) is 20.3. The highest BCUT2D eigenvalue weighted by Gasteiger charge is 2.18. The van der Waals surface area contributed by atoms with Gasteiger partial charge in [0.1, 0.15) is 5.69 Å². The van der Waals surface area contributed by atoms with Crippen molar-refractivity contribution in [2.75, 3.05) is 57.4 Å². The maximum Gasteiger partial charge on any atom is 0.315 e. The molecule has 1 atom stereocenters. The Morgan fingerprint density at radius 2 is 2.00 bits per heavy atom. The number of nitrogen functional groups attached to an aromatic ring is 1. The van der Waals surface area contributed by atoms with Crippen LogP contribution in [-0.4, -0.2) is 73.0 Å². The fourth-order valence-electron chi connectivity index (χ4n) is 3.70. The van der Waals surface area contributed by atoms with Gasteiger partial charge in [-0.05, 0) is 44.5 Å². The van der Waals surface area contributed by atoms with E-state index in [1.807, 2.05) is 13.0 Å². The molecule has 1 saturated heterocycles. The monoisotopic (exact) mass is 473 g/mol. The number of nitrogens with two attached hydrogens (primary N) is 1. The summed E-state index contributed by atoms with van der Waals surface area (Å²) in [5.41, 5.74) is 8.15. The van der Waals surface area contributed by atoms with Crippen LogP contribution in [0.25, 0.3) is 0 Å². The van der Waals surface area contributed by atoms with Gasteiger partial charge in [-0.25, -0.2) is 4.79 Å². The van der Waals surface area contributed by atoms with Crippen molar-refractivity contribution in [3.05, 3.63) is 40.3 Å². The number of hydrogen-bond donors (Lipinski definition) is 4. The van der Waals surface area contributed by atoms with Gasteiger partial charge < -0.3 is 31.5 Å². The van der Waals surface area contributed by atoms with E-state index in [0.717, 1.165) is 57.5 Å². The zero-order valence-electron chi connectivity index (χ0n) is 19.5. The standard InChI is InChI=1S/C23H35N7O2S/c1-3-8-25-23(32)28-19(5-4-9-30-12-10-29(2)11-13-30)17-6-7-20(26-14-17)22(31)27-21-16-33-15-18(21)24/h6-7,14-16,19H,3-5,8-13,24H2,1-2H3,(H,27,31)(H2,25,28,32). The van der Waals surface area contributed by atoms with Crippen LogP contribution in [0.2, 0.25) is 0 Å². The largest absolute Gasteiger partial charge is 0.396 e. The number of rotatable bonds is 10. The van der Waals surface area contributed by atoms with E-state index in [2.05, 4.69) is 37.8 Å². The van der Waals surface area contributed by atoms with Gasteiger partial charge in [0.25, 0.3) is 5.91 Å². The number of likely N-dealkylation sites (N-methyl/N-ethyl adjacent to an activating group) is 1. The molecule has 5 N–H and O–H groups in total. The van der Waals surface area contributed by atoms with Gasteiger partial charge in [0, 0.05) is 49.7 Å². The SMILES string of the molecule is CCCNC(=O)NC(CCCN1CCN(C)CC1)c1ccc(C(=O)Nc2cscc2N)nc1. The molecule has 3 amide bonds. The lowest BCUT2D eigenvalue weighted by Gasteiger charge is -2.32. The van der Waals surface area contributed by atoms with E-state index in [-0.39, 0.29) is 18.0 Å². The third-order valence-electron chi connectivity index (χ3n) is 5.77. The molecule has 9 nitrogen and oxygen atoms in total. The van der Waals surface area contributed by atoms with Crippen molar-refractivity contribution in [3.63, 3.8) is 0 Å². The lowest BCUT2D eigenvalue weighted by atomic mass is 10.0. The molecule has 0 radical (unpaired) electrons. The minimum Gasteiger partial charge on any atom is -0.396 e. The van der Waals surface area contributed by atoms with Gasteiger partial charge in [-0.15, -0.1) is 11.3 Å². The van der Waals surface area contributed by atoms with Gasteiger partial charge in [0.2, 0.25) is 0 Å².